The Morgan fingerprint density at radius 1 is 1.44 bits per heavy atom. The molecule has 0 aromatic rings. The Bertz CT molecular complexity index is 319. The van der Waals surface area contributed by atoms with Crippen LogP contribution in [0.4, 0.5) is 0 Å². The molecule has 0 aliphatic heterocycles. The molecule has 1 rings (SSSR count). The summed E-state index contributed by atoms with van der Waals surface area (Å²) in [5.41, 5.74) is 8.78. The first-order valence-electron chi connectivity index (χ1n) is 5.92. The van der Waals surface area contributed by atoms with Crippen LogP contribution in [0.15, 0.2) is 0 Å². The lowest BCUT2D eigenvalue weighted by atomic mass is 9.68. The van der Waals surface area contributed by atoms with Crippen LogP contribution in [0.3, 0.4) is 0 Å². The fraction of sp³-hybridized carbons (Fsp3) is 0.833. The molecule has 4 heteroatoms. The Kier molecular flexibility index (Phi) is 4.25. The number of nitrogens with zero attached hydrogens (tertiary/aromatic N) is 2. The van der Waals surface area contributed by atoms with E-state index < -0.39 is 5.97 Å². The fourth-order valence-corrected chi connectivity index (χ4v) is 2.79. The minimum absolute atomic E-state index is 0.0646. The van der Waals surface area contributed by atoms with Gasteiger partial charge in [-0.15, -0.1) is 0 Å². The Balaban J connectivity index is 2.95. The summed E-state index contributed by atoms with van der Waals surface area (Å²) in [6, 6.07) is 0. The zero-order valence-electron chi connectivity index (χ0n) is 10.2. The fourth-order valence-electron chi connectivity index (χ4n) is 2.79. The van der Waals surface area contributed by atoms with Crippen molar-refractivity contribution < 1.29 is 14.7 Å². The molecule has 3 atom stereocenters. The molecule has 90 valence electrons. The number of carbonyl (C=O) groups is 1. The van der Waals surface area contributed by atoms with Crippen LogP contribution in [0.25, 0.3) is 5.53 Å². The van der Waals surface area contributed by atoms with Crippen molar-refractivity contribution in [3.8, 4) is 0 Å². The summed E-state index contributed by atoms with van der Waals surface area (Å²) >= 11 is 0. The third-order valence-corrected chi connectivity index (χ3v) is 3.70. The molecule has 16 heavy (non-hydrogen) atoms. The molecule has 3 unspecified atom stereocenters. The second-order valence-corrected chi connectivity index (χ2v) is 5.22. The van der Waals surface area contributed by atoms with Crippen LogP contribution in [0, 0.1) is 23.7 Å². The molecule has 0 heterocycles. The maximum Gasteiger partial charge on any atom is 0.414 e. The Hall–Kier alpha value is -1.15. The van der Waals surface area contributed by atoms with Crippen LogP contribution in [-0.4, -0.2) is 21.6 Å². The molecule has 4 nitrogen and oxygen atoms in total. The summed E-state index contributed by atoms with van der Waals surface area (Å²) < 4.78 is 0. The molecule has 0 aromatic carbocycles. The molecular weight excluding hydrogens is 204 g/mol. The summed E-state index contributed by atoms with van der Waals surface area (Å²) in [6.45, 7) is 6.33. The highest BCUT2D eigenvalue weighted by atomic mass is 16.4. The van der Waals surface area contributed by atoms with Crippen LogP contribution in [-0.2, 0) is 4.79 Å². The molecule has 0 spiro atoms. The molecule has 0 radical (unpaired) electrons. The van der Waals surface area contributed by atoms with Gasteiger partial charge in [0.1, 0.15) is 0 Å². The molecule has 1 aliphatic carbocycles. The average molecular weight is 224 g/mol. The van der Waals surface area contributed by atoms with Gasteiger partial charge in [0.25, 0.3) is 0 Å². The van der Waals surface area contributed by atoms with Crippen LogP contribution < -0.4 is 0 Å². The van der Waals surface area contributed by atoms with Crippen molar-refractivity contribution in [2.24, 2.45) is 23.7 Å². The SMILES string of the molecule is CC1CCC(C(C)C)C(C(=[N+]=[N-])C(=O)O)C1. The van der Waals surface area contributed by atoms with E-state index in [-0.39, 0.29) is 11.6 Å². The summed E-state index contributed by atoms with van der Waals surface area (Å²) in [5.74, 6) is 0.0569. The van der Waals surface area contributed by atoms with Crippen molar-refractivity contribution in [1.29, 1.82) is 0 Å². The Morgan fingerprint density at radius 3 is 2.50 bits per heavy atom. The summed E-state index contributed by atoms with van der Waals surface area (Å²) in [6.07, 6.45) is 2.97. The molecule has 1 aliphatic rings. The van der Waals surface area contributed by atoms with Crippen molar-refractivity contribution >= 4 is 11.7 Å². The van der Waals surface area contributed by atoms with E-state index in [9.17, 15) is 4.79 Å². The van der Waals surface area contributed by atoms with Gasteiger partial charge in [-0.1, -0.05) is 27.2 Å². The third kappa shape index (κ3) is 2.70. The van der Waals surface area contributed by atoms with Gasteiger partial charge in [0.2, 0.25) is 0 Å². The molecule has 0 aromatic heterocycles. The van der Waals surface area contributed by atoms with Crippen LogP contribution in [0.2, 0.25) is 0 Å². The van der Waals surface area contributed by atoms with Crippen molar-refractivity contribution in [2.75, 3.05) is 0 Å². The van der Waals surface area contributed by atoms with E-state index in [2.05, 4.69) is 25.6 Å². The van der Waals surface area contributed by atoms with E-state index in [1.165, 1.54) is 0 Å². The first-order chi connectivity index (χ1) is 7.47. The highest BCUT2D eigenvalue weighted by Gasteiger charge is 2.41. The lowest BCUT2D eigenvalue weighted by molar-refractivity contribution is -0.135. The van der Waals surface area contributed by atoms with E-state index in [0.717, 1.165) is 19.3 Å². The van der Waals surface area contributed by atoms with Gasteiger partial charge in [-0.2, -0.15) is 4.79 Å². The van der Waals surface area contributed by atoms with E-state index in [1.807, 2.05) is 0 Å². The first-order valence-corrected chi connectivity index (χ1v) is 5.92. The zero-order chi connectivity index (χ0) is 12.3. The van der Waals surface area contributed by atoms with Crippen LogP contribution in [0.1, 0.15) is 40.0 Å². The minimum atomic E-state index is -1.09. The number of rotatable bonds is 3. The van der Waals surface area contributed by atoms with Gasteiger partial charge in [-0.05, 0) is 30.6 Å². The van der Waals surface area contributed by atoms with E-state index in [0.29, 0.717) is 17.8 Å². The molecule has 1 fully saturated rings. The number of hydrogen-bond donors (Lipinski definition) is 1. The van der Waals surface area contributed by atoms with Gasteiger partial charge in [0, 0.05) is 0 Å². The standard InChI is InChI=1S/C12H20N2O2/c1-7(2)9-5-4-8(3)6-10(9)11(14-13)12(15)16/h7-10H,4-6H2,1-3H3,(H,15,16). The smallest absolute Gasteiger partial charge is 0.414 e. The number of carboxylic acids is 1. The monoisotopic (exact) mass is 224 g/mol. The van der Waals surface area contributed by atoms with Gasteiger partial charge >= 0.3 is 11.7 Å². The second-order valence-electron chi connectivity index (χ2n) is 5.22. The molecule has 1 N–H and O–H groups in total. The lowest BCUT2D eigenvalue weighted by Crippen LogP contribution is -2.37. The van der Waals surface area contributed by atoms with Crippen molar-refractivity contribution in [3.05, 3.63) is 5.53 Å². The predicted octanol–water partition coefficient (Wildman–Crippen LogP) is 2.45. The number of hydrogen-bond acceptors (Lipinski definition) is 1. The van der Waals surface area contributed by atoms with Gasteiger partial charge in [-0.3, -0.25) is 0 Å². The van der Waals surface area contributed by atoms with Gasteiger partial charge in [-0.25, -0.2) is 4.79 Å². The van der Waals surface area contributed by atoms with Gasteiger partial charge < -0.3 is 10.6 Å². The topological polar surface area (TPSA) is 73.7 Å². The zero-order valence-corrected chi connectivity index (χ0v) is 10.2. The highest BCUT2D eigenvalue weighted by Crippen LogP contribution is 2.38. The summed E-state index contributed by atoms with van der Waals surface area (Å²) in [5, 5.41) is 9.02. The maximum absolute atomic E-state index is 11.0. The molecule has 1 saturated carbocycles. The highest BCUT2D eigenvalue weighted by molar-refractivity contribution is 6.33. The van der Waals surface area contributed by atoms with E-state index in [4.69, 9.17) is 10.6 Å². The predicted molar refractivity (Wildman–Crippen MR) is 61.1 cm³/mol. The molecular formula is C12H20N2O2. The summed E-state index contributed by atoms with van der Waals surface area (Å²) in [7, 11) is 0. The Labute approximate surface area is 96.3 Å². The maximum atomic E-state index is 11.0. The summed E-state index contributed by atoms with van der Waals surface area (Å²) in [4.78, 5) is 14.0. The third-order valence-electron chi connectivity index (χ3n) is 3.70. The van der Waals surface area contributed by atoms with E-state index in [1.54, 1.807) is 0 Å². The lowest BCUT2D eigenvalue weighted by Gasteiger charge is -2.34. The molecule has 0 bridgehead atoms. The quantitative estimate of drug-likeness (QED) is 0.454. The van der Waals surface area contributed by atoms with Crippen LogP contribution in [0.5, 0.6) is 0 Å². The number of aliphatic carboxylic acids is 1. The average Bonchev–Trinajstić information content (AvgIpc) is 2.17. The minimum Gasteiger partial charge on any atom is -0.473 e. The second kappa shape index (κ2) is 5.26. The molecule has 0 amide bonds. The van der Waals surface area contributed by atoms with Crippen molar-refractivity contribution in [3.63, 3.8) is 0 Å². The largest absolute Gasteiger partial charge is 0.473 e. The van der Waals surface area contributed by atoms with Crippen molar-refractivity contribution in [1.82, 2.24) is 0 Å². The van der Waals surface area contributed by atoms with Crippen molar-refractivity contribution in [2.45, 2.75) is 40.0 Å². The van der Waals surface area contributed by atoms with Crippen LogP contribution >= 0.6 is 0 Å². The normalized spacial score (nSPS) is 29.9. The van der Waals surface area contributed by atoms with Gasteiger partial charge in [0.05, 0.1) is 5.92 Å². The first kappa shape index (κ1) is 12.9. The Morgan fingerprint density at radius 2 is 2.06 bits per heavy atom. The molecule has 0 saturated heterocycles. The number of carboxylic acid groups (broad SMARTS) is 1. The van der Waals surface area contributed by atoms with E-state index >= 15 is 0 Å². The van der Waals surface area contributed by atoms with Gasteiger partial charge in [0.15, 0.2) is 0 Å².